The maximum atomic E-state index is 11.5. The SMILES string of the molecule is CCC1CN(c2ccc3c(c2)NC(=O)C3=O)CCO1. The van der Waals surface area contributed by atoms with Gasteiger partial charge >= 0.3 is 0 Å². The van der Waals surface area contributed by atoms with Crippen molar-refractivity contribution in [3.05, 3.63) is 23.8 Å². The van der Waals surface area contributed by atoms with Crippen LogP contribution in [0.3, 0.4) is 0 Å². The van der Waals surface area contributed by atoms with Crippen molar-refractivity contribution in [2.75, 3.05) is 29.9 Å². The summed E-state index contributed by atoms with van der Waals surface area (Å²) in [4.78, 5) is 25.1. The lowest BCUT2D eigenvalue weighted by Crippen LogP contribution is -2.42. The first kappa shape index (κ1) is 12.2. The van der Waals surface area contributed by atoms with Gasteiger partial charge in [-0.05, 0) is 24.6 Å². The average Bonchev–Trinajstić information content (AvgIpc) is 2.73. The predicted octanol–water partition coefficient (Wildman–Crippen LogP) is 1.44. The molecule has 0 spiro atoms. The van der Waals surface area contributed by atoms with E-state index in [1.807, 2.05) is 12.1 Å². The first-order chi connectivity index (χ1) is 9.19. The monoisotopic (exact) mass is 260 g/mol. The van der Waals surface area contributed by atoms with Crippen LogP contribution < -0.4 is 10.2 Å². The van der Waals surface area contributed by atoms with E-state index in [4.69, 9.17) is 4.74 Å². The zero-order chi connectivity index (χ0) is 13.4. The first-order valence-electron chi connectivity index (χ1n) is 6.55. The summed E-state index contributed by atoms with van der Waals surface area (Å²) in [5, 5.41) is 2.61. The number of nitrogens with one attached hydrogen (secondary N) is 1. The molecule has 1 amide bonds. The van der Waals surface area contributed by atoms with Crippen molar-refractivity contribution in [3.8, 4) is 0 Å². The number of ketones is 1. The number of nitrogens with zero attached hydrogens (tertiary/aromatic N) is 1. The summed E-state index contributed by atoms with van der Waals surface area (Å²) >= 11 is 0. The van der Waals surface area contributed by atoms with Crippen LogP contribution in [0.2, 0.25) is 0 Å². The summed E-state index contributed by atoms with van der Waals surface area (Å²) in [6.45, 7) is 4.49. The number of fused-ring (bicyclic) bond motifs is 1. The van der Waals surface area contributed by atoms with Gasteiger partial charge in [-0.25, -0.2) is 0 Å². The molecule has 1 saturated heterocycles. The molecule has 100 valence electrons. The number of morpholine rings is 1. The molecule has 2 aliphatic rings. The molecular weight excluding hydrogens is 244 g/mol. The molecule has 2 heterocycles. The Kier molecular flexibility index (Phi) is 2.98. The highest BCUT2D eigenvalue weighted by Crippen LogP contribution is 2.29. The van der Waals surface area contributed by atoms with Crippen LogP contribution in [0.5, 0.6) is 0 Å². The van der Waals surface area contributed by atoms with Crippen LogP contribution in [0, 0.1) is 0 Å². The molecule has 0 saturated carbocycles. The van der Waals surface area contributed by atoms with Gasteiger partial charge in [-0.1, -0.05) is 6.92 Å². The Balaban J connectivity index is 1.85. The number of carbonyl (C=O) groups excluding carboxylic acids is 2. The lowest BCUT2D eigenvalue weighted by molar-refractivity contribution is -0.112. The van der Waals surface area contributed by atoms with Crippen LogP contribution in [0.15, 0.2) is 18.2 Å². The van der Waals surface area contributed by atoms with Crippen molar-refractivity contribution in [3.63, 3.8) is 0 Å². The van der Waals surface area contributed by atoms with Gasteiger partial charge in [0.2, 0.25) is 0 Å². The minimum absolute atomic E-state index is 0.248. The highest BCUT2D eigenvalue weighted by molar-refractivity contribution is 6.51. The Bertz CT molecular complexity index is 541. The number of amides is 1. The standard InChI is InChI=1S/C14H16N2O3/c1-2-10-8-16(5-6-19-10)9-3-4-11-12(7-9)15-14(18)13(11)17/h3-4,7,10H,2,5-6,8H2,1H3,(H,15,17,18). The second-order valence-electron chi connectivity index (χ2n) is 4.86. The van der Waals surface area contributed by atoms with Gasteiger partial charge in [-0.15, -0.1) is 0 Å². The number of anilines is 2. The number of hydrogen-bond acceptors (Lipinski definition) is 4. The highest BCUT2D eigenvalue weighted by Gasteiger charge is 2.29. The van der Waals surface area contributed by atoms with E-state index >= 15 is 0 Å². The first-order valence-corrected chi connectivity index (χ1v) is 6.55. The summed E-state index contributed by atoms with van der Waals surface area (Å²) in [5.74, 6) is -0.990. The Morgan fingerprint density at radius 2 is 2.26 bits per heavy atom. The lowest BCUT2D eigenvalue weighted by Gasteiger charge is -2.34. The molecule has 0 aliphatic carbocycles. The zero-order valence-electron chi connectivity index (χ0n) is 10.8. The summed E-state index contributed by atoms with van der Waals surface area (Å²) in [6.07, 6.45) is 1.23. The van der Waals surface area contributed by atoms with Gasteiger partial charge in [0.1, 0.15) is 0 Å². The van der Waals surface area contributed by atoms with Crippen molar-refractivity contribution >= 4 is 23.1 Å². The van der Waals surface area contributed by atoms with E-state index in [9.17, 15) is 9.59 Å². The number of benzene rings is 1. The molecule has 1 aromatic rings. The molecule has 1 fully saturated rings. The van der Waals surface area contributed by atoms with Crippen LogP contribution in [0.4, 0.5) is 11.4 Å². The minimum atomic E-state index is -0.541. The molecule has 1 atom stereocenters. The van der Waals surface area contributed by atoms with Crippen LogP contribution in [0.25, 0.3) is 0 Å². The summed E-state index contributed by atoms with van der Waals surface area (Å²) < 4.78 is 5.64. The van der Waals surface area contributed by atoms with Gasteiger partial charge < -0.3 is 15.0 Å². The fourth-order valence-corrected chi connectivity index (χ4v) is 2.53. The van der Waals surface area contributed by atoms with Gasteiger partial charge in [0.05, 0.1) is 24.0 Å². The van der Waals surface area contributed by atoms with Crippen molar-refractivity contribution in [2.45, 2.75) is 19.4 Å². The van der Waals surface area contributed by atoms with Crippen LogP contribution in [-0.2, 0) is 9.53 Å². The smallest absolute Gasteiger partial charge is 0.296 e. The molecule has 1 N–H and O–H groups in total. The third-order valence-electron chi connectivity index (χ3n) is 3.66. The highest BCUT2D eigenvalue weighted by atomic mass is 16.5. The molecule has 5 nitrogen and oxygen atoms in total. The zero-order valence-corrected chi connectivity index (χ0v) is 10.8. The van der Waals surface area contributed by atoms with E-state index in [0.29, 0.717) is 17.9 Å². The number of Topliss-reactive ketones (excluding diaryl/α,β-unsaturated/α-hetero) is 1. The fraction of sp³-hybridized carbons (Fsp3) is 0.429. The fourth-order valence-electron chi connectivity index (χ4n) is 2.53. The van der Waals surface area contributed by atoms with E-state index < -0.39 is 11.7 Å². The quantitative estimate of drug-likeness (QED) is 0.817. The third kappa shape index (κ3) is 2.10. The molecular formula is C14H16N2O3. The number of hydrogen-bond donors (Lipinski definition) is 1. The van der Waals surface area contributed by atoms with Crippen LogP contribution in [-0.4, -0.2) is 37.5 Å². The van der Waals surface area contributed by atoms with Crippen molar-refractivity contribution in [1.82, 2.24) is 0 Å². The van der Waals surface area contributed by atoms with E-state index in [1.165, 1.54) is 0 Å². The molecule has 1 unspecified atom stereocenters. The average molecular weight is 260 g/mol. The topological polar surface area (TPSA) is 58.6 Å². The van der Waals surface area contributed by atoms with Crippen molar-refractivity contribution in [1.29, 1.82) is 0 Å². The second-order valence-corrected chi connectivity index (χ2v) is 4.86. The molecule has 0 aromatic heterocycles. The number of carbonyl (C=O) groups is 2. The molecule has 2 aliphatic heterocycles. The van der Waals surface area contributed by atoms with E-state index in [0.717, 1.165) is 25.2 Å². The van der Waals surface area contributed by atoms with Gasteiger partial charge in [-0.2, -0.15) is 0 Å². The lowest BCUT2D eigenvalue weighted by atomic mass is 10.1. The van der Waals surface area contributed by atoms with Crippen LogP contribution >= 0.6 is 0 Å². The molecule has 5 heteroatoms. The van der Waals surface area contributed by atoms with Crippen LogP contribution in [0.1, 0.15) is 23.7 Å². The summed E-state index contributed by atoms with van der Waals surface area (Å²) in [7, 11) is 0. The Labute approximate surface area is 111 Å². The Morgan fingerprint density at radius 3 is 3.05 bits per heavy atom. The van der Waals surface area contributed by atoms with Gasteiger partial charge in [0, 0.05) is 18.8 Å². The maximum Gasteiger partial charge on any atom is 0.296 e. The molecule has 0 radical (unpaired) electrons. The molecule has 3 rings (SSSR count). The second kappa shape index (κ2) is 4.66. The minimum Gasteiger partial charge on any atom is -0.375 e. The summed E-state index contributed by atoms with van der Waals surface area (Å²) in [5.41, 5.74) is 2.11. The number of ether oxygens (including phenoxy) is 1. The van der Waals surface area contributed by atoms with Gasteiger partial charge in [-0.3, -0.25) is 9.59 Å². The number of rotatable bonds is 2. The Morgan fingerprint density at radius 1 is 1.42 bits per heavy atom. The van der Waals surface area contributed by atoms with Gasteiger partial charge in [0.15, 0.2) is 0 Å². The van der Waals surface area contributed by atoms with E-state index in [2.05, 4.69) is 17.1 Å². The molecule has 0 bridgehead atoms. The van der Waals surface area contributed by atoms with Crippen molar-refractivity contribution < 1.29 is 14.3 Å². The largest absolute Gasteiger partial charge is 0.375 e. The van der Waals surface area contributed by atoms with Gasteiger partial charge in [0.25, 0.3) is 11.7 Å². The van der Waals surface area contributed by atoms with E-state index in [-0.39, 0.29) is 6.10 Å². The Hall–Kier alpha value is -1.88. The molecule has 1 aromatic carbocycles. The normalized spacial score (nSPS) is 22.4. The summed E-state index contributed by atoms with van der Waals surface area (Å²) in [6, 6.07) is 5.49. The third-order valence-corrected chi connectivity index (χ3v) is 3.66. The van der Waals surface area contributed by atoms with E-state index in [1.54, 1.807) is 6.07 Å². The molecule has 19 heavy (non-hydrogen) atoms. The van der Waals surface area contributed by atoms with Crippen molar-refractivity contribution in [2.24, 2.45) is 0 Å². The maximum absolute atomic E-state index is 11.5. The predicted molar refractivity (Wildman–Crippen MR) is 71.6 cm³/mol.